The molecule has 21 heavy (non-hydrogen) atoms. The molecule has 1 fully saturated rings. The molecule has 1 saturated heterocycles. The Labute approximate surface area is 121 Å². The van der Waals surface area contributed by atoms with E-state index in [-0.39, 0.29) is 10.6 Å². The Hall–Kier alpha value is -2.44. The highest BCUT2D eigenvalue weighted by atomic mass is 16.6. The molecule has 0 spiro atoms. The minimum Gasteiger partial charge on any atom is -0.366 e. The molecule has 0 bridgehead atoms. The first-order chi connectivity index (χ1) is 10.2. The van der Waals surface area contributed by atoms with Crippen molar-refractivity contribution >= 4 is 11.4 Å². The van der Waals surface area contributed by atoms with E-state index in [1.807, 2.05) is 11.8 Å². The summed E-state index contributed by atoms with van der Waals surface area (Å²) in [5, 5.41) is 15.2. The van der Waals surface area contributed by atoms with Gasteiger partial charge in [0.25, 0.3) is 11.6 Å². The van der Waals surface area contributed by atoms with Crippen LogP contribution in [0.2, 0.25) is 0 Å². The molecule has 0 N–H and O–H groups in total. The minimum absolute atomic E-state index is 0.0886. The summed E-state index contributed by atoms with van der Waals surface area (Å²) in [6, 6.07) is 5.09. The summed E-state index contributed by atoms with van der Waals surface area (Å²) in [5.74, 6) is 0.916. The maximum atomic E-state index is 11.3. The van der Waals surface area contributed by atoms with E-state index < -0.39 is 0 Å². The molecule has 0 aliphatic carbocycles. The number of anilines is 1. The molecule has 0 radical (unpaired) electrons. The normalized spacial score (nSPS) is 14.6. The zero-order valence-electron chi connectivity index (χ0n) is 11.8. The van der Waals surface area contributed by atoms with E-state index >= 15 is 0 Å². The summed E-state index contributed by atoms with van der Waals surface area (Å²) in [6.07, 6.45) is 2.81. The summed E-state index contributed by atoms with van der Waals surface area (Å²) in [5.41, 5.74) is 1.33. The van der Waals surface area contributed by atoms with E-state index in [0.717, 1.165) is 25.9 Å². The summed E-state index contributed by atoms with van der Waals surface area (Å²) in [6.45, 7) is 3.65. The van der Waals surface area contributed by atoms with E-state index in [9.17, 15) is 10.1 Å². The van der Waals surface area contributed by atoms with E-state index in [1.54, 1.807) is 12.1 Å². The molecule has 3 rings (SSSR count). The lowest BCUT2D eigenvalue weighted by atomic mass is 10.1. The zero-order chi connectivity index (χ0) is 14.8. The first kappa shape index (κ1) is 13.5. The van der Waals surface area contributed by atoms with E-state index in [0.29, 0.717) is 29.4 Å². The van der Waals surface area contributed by atoms with E-state index in [2.05, 4.69) is 10.1 Å². The van der Waals surface area contributed by atoms with Crippen molar-refractivity contribution in [2.75, 3.05) is 18.0 Å². The fourth-order valence-corrected chi connectivity index (χ4v) is 2.54. The topological polar surface area (TPSA) is 85.3 Å². The average molecular weight is 288 g/mol. The van der Waals surface area contributed by atoms with Gasteiger partial charge in [0.05, 0.1) is 4.92 Å². The van der Waals surface area contributed by atoms with Gasteiger partial charge in [0.15, 0.2) is 5.82 Å². The maximum absolute atomic E-state index is 11.3. The van der Waals surface area contributed by atoms with Crippen LogP contribution in [0.15, 0.2) is 22.7 Å². The van der Waals surface area contributed by atoms with Gasteiger partial charge in [-0.15, -0.1) is 0 Å². The third kappa shape index (κ3) is 2.58. The maximum Gasteiger partial charge on any atom is 0.293 e. The molecule has 110 valence electrons. The smallest absolute Gasteiger partial charge is 0.293 e. The summed E-state index contributed by atoms with van der Waals surface area (Å²) < 4.78 is 5.14. The first-order valence-electron chi connectivity index (χ1n) is 7.05. The van der Waals surface area contributed by atoms with Crippen molar-refractivity contribution in [3.05, 3.63) is 34.1 Å². The van der Waals surface area contributed by atoms with Crippen LogP contribution in [0.25, 0.3) is 11.5 Å². The molecule has 0 saturated carbocycles. The van der Waals surface area contributed by atoms with Gasteiger partial charge >= 0.3 is 0 Å². The minimum atomic E-state index is -0.353. The standard InChI is InChI=1S/C14H16N4O3/c1-2-13-15-14(21-16-13)10-5-6-11(12(9-10)18(19)20)17-7-3-4-8-17/h5-6,9H,2-4,7-8H2,1H3. The highest BCUT2D eigenvalue weighted by molar-refractivity contribution is 5.71. The van der Waals surface area contributed by atoms with Crippen molar-refractivity contribution in [2.24, 2.45) is 0 Å². The largest absolute Gasteiger partial charge is 0.366 e. The van der Waals surface area contributed by atoms with Crippen molar-refractivity contribution in [1.29, 1.82) is 0 Å². The number of aryl methyl sites for hydroxylation is 1. The predicted molar refractivity (Wildman–Crippen MR) is 77.2 cm³/mol. The fourth-order valence-electron chi connectivity index (χ4n) is 2.54. The van der Waals surface area contributed by atoms with Gasteiger partial charge < -0.3 is 9.42 Å². The highest BCUT2D eigenvalue weighted by Gasteiger charge is 2.23. The number of nitrogens with zero attached hydrogens (tertiary/aromatic N) is 4. The van der Waals surface area contributed by atoms with Gasteiger partial charge in [-0.3, -0.25) is 10.1 Å². The van der Waals surface area contributed by atoms with Crippen LogP contribution in [0, 0.1) is 10.1 Å². The molecule has 7 heteroatoms. The Balaban J connectivity index is 2.00. The van der Waals surface area contributed by atoms with Crippen molar-refractivity contribution < 1.29 is 9.45 Å². The molecular weight excluding hydrogens is 272 g/mol. The second kappa shape index (κ2) is 5.51. The third-order valence-corrected chi connectivity index (χ3v) is 3.65. The highest BCUT2D eigenvalue weighted by Crippen LogP contribution is 2.34. The van der Waals surface area contributed by atoms with Crippen molar-refractivity contribution in [3.63, 3.8) is 0 Å². The van der Waals surface area contributed by atoms with Crippen LogP contribution in [0.5, 0.6) is 0 Å². The van der Waals surface area contributed by atoms with Crippen LogP contribution < -0.4 is 4.90 Å². The van der Waals surface area contributed by atoms with Gasteiger partial charge in [-0.1, -0.05) is 12.1 Å². The van der Waals surface area contributed by atoms with Crippen LogP contribution >= 0.6 is 0 Å². The van der Waals surface area contributed by atoms with Gasteiger partial charge in [-0.25, -0.2) is 0 Å². The quantitative estimate of drug-likeness (QED) is 0.635. The molecule has 0 unspecified atom stereocenters. The molecule has 2 heterocycles. The monoisotopic (exact) mass is 288 g/mol. The predicted octanol–water partition coefficient (Wildman–Crippen LogP) is 2.81. The second-order valence-electron chi connectivity index (χ2n) is 5.02. The number of nitro benzene ring substituents is 1. The Bertz CT molecular complexity index is 662. The van der Waals surface area contributed by atoms with Crippen molar-refractivity contribution in [1.82, 2.24) is 10.1 Å². The number of benzene rings is 1. The summed E-state index contributed by atoms with van der Waals surface area (Å²) in [4.78, 5) is 17.2. The molecule has 7 nitrogen and oxygen atoms in total. The fraction of sp³-hybridized carbons (Fsp3) is 0.429. The molecule has 1 aliphatic heterocycles. The Morgan fingerprint density at radius 2 is 2.14 bits per heavy atom. The number of aromatic nitrogens is 2. The van der Waals surface area contributed by atoms with E-state index in [1.165, 1.54) is 6.07 Å². The summed E-state index contributed by atoms with van der Waals surface area (Å²) in [7, 11) is 0. The molecule has 0 amide bonds. The van der Waals surface area contributed by atoms with Gasteiger partial charge in [0.2, 0.25) is 0 Å². The van der Waals surface area contributed by atoms with Crippen LogP contribution in [0.1, 0.15) is 25.6 Å². The number of hydrogen-bond donors (Lipinski definition) is 0. The summed E-state index contributed by atoms with van der Waals surface area (Å²) >= 11 is 0. The van der Waals surface area contributed by atoms with Gasteiger partial charge in [-0.2, -0.15) is 4.98 Å². The third-order valence-electron chi connectivity index (χ3n) is 3.65. The lowest BCUT2D eigenvalue weighted by Gasteiger charge is -2.17. The zero-order valence-corrected chi connectivity index (χ0v) is 11.8. The number of nitro groups is 1. The molecular formula is C14H16N4O3. The molecule has 1 aliphatic rings. The number of hydrogen-bond acceptors (Lipinski definition) is 6. The van der Waals surface area contributed by atoms with Crippen LogP contribution in [-0.4, -0.2) is 28.2 Å². The van der Waals surface area contributed by atoms with Gasteiger partial charge in [0, 0.05) is 31.1 Å². The lowest BCUT2D eigenvalue weighted by molar-refractivity contribution is -0.384. The Morgan fingerprint density at radius 1 is 1.38 bits per heavy atom. The van der Waals surface area contributed by atoms with E-state index in [4.69, 9.17) is 4.52 Å². The SMILES string of the molecule is CCc1noc(-c2ccc(N3CCCC3)c([N+](=O)[O-])c2)n1. The van der Waals surface area contributed by atoms with Crippen molar-refractivity contribution in [3.8, 4) is 11.5 Å². The molecule has 2 aromatic rings. The van der Waals surface area contributed by atoms with Crippen LogP contribution in [0.4, 0.5) is 11.4 Å². The van der Waals surface area contributed by atoms with Crippen molar-refractivity contribution in [2.45, 2.75) is 26.2 Å². The van der Waals surface area contributed by atoms with Crippen LogP contribution in [-0.2, 0) is 6.42 Å². The van der Waals surface area contributed by atoms with Crippen LogP contribution in [0.3, 0.4) is 0 Å². The van der Waals surface area contributed by atoms with Gasteiger partial charge in [-0.05, 0) is 25.0 Å². The average Bonchev–Trinajstić information content (AvgIpc) is 3.18. The molecule has 0 atom stereocenters. The number of rotatable bonds is 4. The Morgan fingerprint density at radius 3 is 2.76 bits per heavy atom. The first-order valence-corrected chi connectivity index (χ1v) is 7.05. The van der Waals surface area contributed by atoms with Gasteiger partial charge in [0.1, 0.15) is 5.69 Å². The Kier molecular flexibility index (Phi) is 3.55. The lowest BCUT2D eigenvalue weighted by Crippen LogP contribution is -2.18. The molecule has 1 aromatic carbocycles. The molecule has 1 aromatic heterocycles. The second-order valence-corrected chi connectivity index (χ2v) is 5.02.